The van der Waals surface area contributed by atoms with E-state index >= 15 is 0 Å². The van der Waals surface area contributed by atoms with Crippen molar-refractivity contribution in [2.24, 2.45) is 0 Å². The van der Waals surface area contributed by atoms with Gasteiger partial charge < -0.3 is 9.52 Å². The summed E-state index contributed by atoms with van der Waals surface area (Å²) in [5, 5.41) is 13.4. The van der Waals surface area contributed by atoms with Gasteiger partial charge in [-0.25, -0.2) is 4.98 Å². The molecule has 1 N–H and O–H groups in total. The van der Waals surface area contributed by atoms with Crippen molar-refractivity contribution in [2.45, 2.75) is 19.3 Å². The molecule has 0 aliphatic heterocycles. The van der Waals surface area contributed by atoms with Gasteiger partial charge in [-0.2, -0.15) is 0 Å². The maximum atomic E-state index is 11.3. The highest BCUT2D eigenvalue weighted by Crippen LogP contribution is 2.44. The molecule has 5 heteroatoms. The van der Waals surface area contributed by atoms with Crippen molar-refractivity contribution in [3.05, 3.63) is 218 Å². The quantitative estimate of drug-likeness (QED) is 0.166. The van der Waals surface area contributed by atoms with Crippen LogP contribution in [0.1, 0.15) is 25.0 Å². The van der Waals surface area contributed by atoms with Gasteiger partial charge in [0.05, 0.1) is 28.0 Å². The van der Waals surface area contributed by atoms with Crippen LogP contribution in [-0.4, -0.2) is 19.6 Å². The van der Waals surface area contributed by atoms with E-state index in [1.165, 1.54) is 11.1 Å². The summed E-state index contributed by atoms with van der Waals surface area (Å²) in [6, 6.07) is 68.9. The molecule has 3 aromatic heterocycles. The molecule has 0 spiro atoms. The Balaban J connectivity index is 1.10. The second-order valence-electron chi connectivity index (χ2n) is 16.3. The van der Waals surface area contributed by atoms with Gasteiger partial charge in [0.15, 0.2) is 0 Å². The first-order chi connectivity index (χ1) is 30.4. The fourth-order valence-corrected chi connectivity index (χ4v) is 8.98. The van der Waals surface area contributed by atoms with E-state index in [1.54, 1.807) is 6.07 Å². The number of phenols is 1. The number of hydrogen-bond acceptors (Lipinski definition) is 4. The molecule has 5 nitrogen and oxygen atoms in total. The number of nitrogens with zero attached hydrogens (tertiary/aromatic N) is 3. The maximum absolute atomic E-state index is 11.3. The number of phenolic OH excluding ortho intramolecular Hbond substituents is 1. The lowest BCUT2D eigenvalue weighted by Gasteiger charge is -2.26. The van der Waals surface area contributed by atoms with Gasteiger partial charge in [0.25, 0.3) is 0 Å². The number of para-hydroxylation sites is 4. The molecule has 0 fully saturated rings. The van der Waals surface area contributed by atoms with Gasteiger partial charge >= 0.3 is 0 Å². The summed E-state index contributed by atoms with van der Waals surface area (Å²) in [6.45, 7) is 4.55. The minimum atomic E-state index is -0.130. The van der Waals surface area contributed by atoms with Gasteiger partial charge in [-0.1, -0.05) is 159 Å². The van der Waals surface area contributed by atoms with E-state index in [-0.39, 0.29) is 11.2 Å². The molecule has 296 valence electrons. The number of imidazole rings is 1. The molecule has 0 amide bonds. The zero-order valence-corrected chi connectivity index (χ0v) is 34.3. The van der Waals surface area contributed by atoms with E-state index in [1.807, 2.05) is 42.6 Å². The Labute approximate surface area is 359 Å². The second-order valence-corrected chi connectivity index (χ2v) is 16.3. The van der Waals surface area contributed by atoms with Gasteiger partial charge in [-0.05, 0) is 82.4 Å². The van der Waals surface area contributed by atoms with Gasteiger partial charge in [0.1, 0.15) is 22.7 Å². The van der Waals surface area contributed by atoms with Crippen molar-refractivity contribution in [3.63, 3.8) is 0 Å². The average molecular weight is 800 g/mol. The van der Waals surface area contributed by atoms with Crippen LogP contribution in [-0.2, 0) is 5.41 Å². The Morgan fingerprint density at radius 1 is 0.500 bits per heavy atom. The topological polar surface area (TPSA) is 64.1 Å². The van der Waals surface area contributed by atoms with Crippen LogP contribution in [0.25, 0.3) is 94.7 Å². The highest BCUT2D eigenvalue weighted by molar-refractivity contribution is 6.13. The summed E-state index contributed by atoms with van der Waals surface area (Å²) in [5.74, 6) is 0.795. The summed E-state index contributed by atoms with van der Waals surface area (Å²) in [7, 11) is 0. The average Bonchev–Trinajstić information content (AvgIpc) is 3.91. The lowest BCUT2D eigenvalue weighted by atomic mass is 9.78. The Morgan fingerprint density at radius 3 is 1.98 bits per heavy atom. The van der Waals surface area contributed by atoms with Crippen LogP contribution >= 0.6 is 0 Å². The molecule has 0 aliphatic rings. The van der Waals surface area contributed by atoms with Crippen molar-refractivity contribution < 1.29 is 9.52 Å². The Morgan fingerprint density at radius 2 is 1.18 bits per heavy atom. The Bertz CT molecular complexity index is 3440. The number of aromatic hydroxyl groups is 1. The predicted octanol–water partition coefficient (Wildman–Crippen LogP) is 14.7. The van der Waals surface area contributed by atoms with E-state index in [0.717, 1.165) is 83.3 Å². The standard InChI is InChI=1S/C57H41N3O2/c1-57(2,41-18-7-4-8-19-41)42-30-28-37(29-31-42)39-32-33-58-49(36-39)40-34-47-44-21-11-14-27-53(44)62-55(47)48(35-40)45-23-15-25-51-54(45)59-56(46-22-10-13-26-52(46)61)60(51)50-24-12-9-20-43(50)38-16-5-3-6-17-38/h3-36,61H,1-2H3. The van der Waals surface area contributed by atoms with Crippen molar-refractivity contribution in [1.82, 2.24) is 14.5 Å². The van der Waals surface area contributed by atoms with Crippen LogP contribution < -0.4 is 0 Å². The van der Waals surface area contributed by atoms with Crippen molar-refractivity contribution in [2.75, 3.05) is 0 Å². The molecule has 0 bridgehead atoms. The highest BCUT2D eigenvalue weighted by atomic mass is 16.3. The third kappa shape index (κ3) is 6.25. The van der Waals surface area contributed by atoms with Crippen LogP contribution in [0.4, 0.5) is 0 Å². The van der Waals surface area contributed by atoms with Gasteiger partial charge in [-0.15, -0.1) is 0 Å². The number of aromatic nitrogens is 3. The fourth-order valence-electron chi connectivity index (χ4n) is 8.98. The van der Waals surface area contributed by atoms with Crippen LogP contribution in [0.3, 0.4) is 0 Å². The summed E-state index contributed by atoms with van der Waals surface area (Å²) in [5.41, 5.74) is 15.3. The third-order valence-electron chi connectivity index (χ3n) is 12.3. The molecule has 62 heavy (non-hydrogen) atoms. The van der Waals surface area contributed by atoms with Crippen LogP contribution in [0, 0.1) is 0 Å². The molecular weight excluding hydrogens is 759 g/mol. The molecule has 0 unspecified atom stereocenters. The van der Waals surface area contributed by atoms with Gasteiger partial charge in [0.2, 0.25) is 0 Å². The van der Waals surface area contributed by atoms with E-state index < -0.39 is 0 Å². The first kappa shape index (κ1) is 37.0. The lowest BCUT2D eigenvalue weighted by molar-refractivity contribution is 0.477. The number of fused-ring (bicyclic) bond motifs is 4. The monoisotopic (exact) mass is 799 g/mol. The Kier molecular flexibility index (Phi) is 8.90. The lowest BCUT2D eigenvalue weighted by Crippen LogP contribution is -2.18. The zero-order chi connectivity index (χ0) is 41.8. The minimum absolute atomic E-state index is 0.130. The summed E-state index contributed by atoms with van der Waals surface area (Å²) in [4.78, 5) is 10.4. The largest absolute Gasteiger partial charge is 0.507 e. The van der Waals surface area contributed by atoms with Gasteiger partial charge in [-0.3, -0.25) is 9.55 Å². The number of hydrogen-bond donors (Lipinski definition) is 1. The number of furan rings is 1. The molecule has 0 saturated carbocycles. The number of pyridine rings is 1. The summed E-state index contributed by atoms with van der Waals surface area (Å²) >= 11 is 0. The molecule has 11 rings (SSSR count). The summed E-state index contributed by atoms with van der Waals surface area (Å²) in [6.07, 6.45) is 1.90. The van der Waals surface area contributed by atoms with Crippen LogP contribution in [0.15, 0.2) is 211 Å². The molecule has 3 heterocycles. The van der Waals surface area contributed by atoms with Crippen molar-refractivity contribution in [1.29, 1.82) is 0 Å². The van der Waals surface area contributed by atoms with Crippen LogP contribution in [0.5, 0.6) is 5.75 Å². The zero-order valence-electron chi connectivity index (χ0n) is 34.3. The number of rotatable bonds is 8. The fraction of sp³-hybridized carbons (Fsp3) is 0.0526. The highest BCUT2D eigenvalue weighted by Gasteiger charge is 2.25. The number of benzene rings is 8. The van der Waals surface area contributed by atoms with E-state index in [0.29, 0.717) is 11.4 Å². The molecule has 0 saturated heterocycles. The first-order valence-corrected chi connectivity index (χ1v) is 21.0. The van der Waals surface area contributed by atoms with Crippen LogP contribution in [0.2, 0.25) is 0 Å². The second kappa shape index (κ2) is 14.9. The molecule has 0 aliphatic carbocycles. The molecule has 0 radical (unpaired) electrons. The molecular formula is C57H41N3O2. The van der Waals surface area contributed by atoms with Gasteiger partial charge in [0, 0.05) is 44.6 Å². The van der Waals surface area contributed by atoms with E-state index in [9.17, 15) is 5.11 Å². The minimum Gasteiger partial charge on any atom is -0.507 e. The van der Waals surface area contributed by atoms with E-state index in [4.69, 9.17) is 14.4 Å². The van der Waals surface area contributed by atoms with E-state index in [2.05, 4.69) is 176 Å². The predicted molar refractivity (Wildman–Crippen MR) is 254 cm³/mol. The van der Waals surface area contributed by atoms with Crippen molar-refractivity contribution in [3.8, 4) is 67.5 Å². The summed E-state index contributed by atoms with van der Waals surface area (Å²) < 4.78 is 8.92. The Hall–Kier alpha value is -8.02. The normalized spacial score (nSPS) is 11.8. The molecule has 0 atom stereocenters. The smallest absolute Gasteiger partial charge is 0.149 e. The van der Waals surface area contributed by atoms with Crippen molar-refractivity contribution >= 4 is 33.0 Å². The third-order valence-corrected chi connectivity index (χ3v) is 12.3. The SMILES string of the molecule is CC(C)(c1ccccc1)c1ccc(-c2ccnc(-c3cc(-c4cccc5c4nc(-c4ccccc4O)n5-c4ccccc4-c4ccccc4)c4oc5ccccc5c4c3)c2)cc1. The molecule has 11 aromatic rings. The molecule has 8 aromatic carbocycles. The maximum Gasteiger partial charge on any atom is 0.149 e. The first-order valence-electron chi connectivity index (χ1n) is 21.0.